The summed E-state index contributed by atoms with van der Waals surface area (Å²) in [5.41, 5.74) is 1.37. The van der Waals surface area contributed by atoms with Gasteiger partial charge in [-0.05, 0) is 66.1 Å². The standard InChI is InChI=1S/C37H45N3O8S/c1-25(2)21-32(39-36(44)33(22-26(3)4)40-37(45)48-24-28-11-7-5-8-12-28)35(43)38-31(23-27-15-17-29(41)18-16-27)34(42)19-20-49(46,47)30-13-9-6-10-14-30/h5-20,25-26,31-33,41H,21-24H2,1-4H3,(H,38,43)(H,39,44)(H,40,45)/b20-19+/t31-,32-,33-/m0/s1. The molecule has 262 valence electrons. The molecule has 0 saturated heterocycles. The SMILES string of the molecule is CC(C)C[C@H](NC(=O)OCc1ccccc1)C(=O)N[C@@H](CC(C)C)C(=O)N[C@@H](Cc1ccc(O)cc1)C(=O)/C=C/S(=O)(=O)c1ccccc1. The number of sulfone groups is 1. The van der Waals surface area contributed by atoms with Crippen molar-refractivity contribution >= 4 is 33.5 Å². The molecule has 0 saturated carbocycles. The normalized spacial score (nSPS) is 13.4. The number of aromatic hydroxyl groups is 1. The molecule has 0 aliphatic heterocycles. The summed E-state index contributed by atoms with van der Waals surface area (Å²) < 4.78 is 30.9. The number of hydrogen-bond donors (Lipinski definition) is 4. The number of phenols is 1. The second-order valence-corrected chi connectivity index (χ2v) is 14.4. The van der Waals surface area contributed by atoms with Gasteiger partial charge in [0.2, 0.25) is 11.8 Å². The van der Waals surface area contributed by atoms with Crippen LogP contribution in [0.5, 0.6) is 5.75 Å². The minimum atomic E-state index is -3.94. The van der Waals surface area contributed by atoms with Gasteiger partial charge in [-0.25, -0.2) is 13.2 Å². The summed E-state index contributed by atoms with van der Waals surface area (Å²) in [6.07, 6.45) is 0.584. The van der Waals surface area contributed by atoms with Crippen molar-refractivity contribution in [1.82, 2.24) is 16.0 Å². The van der Waals surface area contributed by atoms with Crippen LogP contribution in [0.25, 0.3) is 0 Å². The lowest BCUT2D eigenvalue weighted by Gasteiger charge is -2.26. The highest BCUT2D eigenvalue weighted by Crippen LogP contribution is 2.15. The lowest BCUT2D eigenvalue weighted by molar-refractivity contribution is -0.132. The molecular formula is C37H45N3O8S. The Hall–Kier alpha value is -4.97. The number of ketones is 1. The van der Waals surface area contributed by atoms with Crippen molar-refractivity contribution in [2.75, 3.05) is 0 Å². The van der Waals surface area contributed by atoms with Crippen LogP contribution in [0.1, 0.15) is 51.7 Å². The largest absolute Gasteiger partial charge is 0.508 e. The van der Waals surface area contributed by atoms with Crippen molar-refractivity contribution in [3.8, 4) is 5.75 Å². The fourth-order valence-electron chi connectivity index (χ4n) is 4.91. The molecule has 3 rings (SSSR count). The number of phenolic OH excluding ortho intramolecular Hbond substituents is 1. The van der Waals surface area contributed by atoms with E-state index >= 15 is 0 Å². The van der Waals surface area contributed by atoms with Gasteiger partial charge in [-0.2, -0.15) is 0 Å². The molecule has 4 N–H and O–H groups in total. The first-order valence-corrected chi connectivity index (χ1v) is 17.7. The second kappa shape index (κ2) is 18.5. The molecule has 0 unspecified atom stereocenters. The zero-order valence-electron chi connectivity index (χ0n) is 28.2. The molecule has 11 nitrogen and oxygen atoms in total. The third-order valence-electron chi connectivity index (χ3n) is 7.39. The lowest BCUT2D eigenvalue weighted by Crippen LogP contribution is -2.56. The van der Waals surface area contributed by atoms with E-state index < -0.39 is 51.7 Å². The van der Waals surface area contributed by atoms with Crippen LogP contribution in [-0.4, -0.2) is 55.3 Å². The van der Waals surface area contributed by atoms with Crippen molar-refractivity contribution in [2.24, 2.45) is 11.8 Å². The summed E-state index contributed by atoms with van der Waals surface area (Å²) in [7, 11) is -3.94. The summed E-state index contributed by atoms with van der Waals surface area (Å²) in [5.74, 6) is -1.97. The number of nitrogens with one attached hydrogen (secondary N) is 3. The van der Waals surface area contributed by atoms with Gasteiger partial charge in [-0.3, -0.25) is 14.4 Å². The number of rotatable bonds is 17. The Labute approximate surface area is 288 Å². The van der Waals surface area contributed by atoms with Gasteiger partial charge >= 0.3 is 6.09 Å². The van der Waals surface area contributed by atoms with Crippen LogP contribution in [0.4, 0.5) is 4.79 Å². The zero-order valence-corrected chi connectivity index (χ0v) is 29.0. The number of alkyl carbamates (subject to hydrolysis) is 1. The van der Waals surface area contributed by atoms with Gasteiger partial charge in [0.05, 0.1) is 10.9 Å². The van der Waals surface area contributed by atoms with E-state index in [4.69, 9.17) is 4.74 Å². The molecular weight excluding hydrogens is 646 g/mol. The van der Waals surface area contributed by atoms with Crippen LogP contribution in [0.3, 0.4) is 0 Å². The number of benzene rings is 3. The molecule has 3 aromatic carbocycles. The molecule has 0 radical (unpaired) electrons. The third-order valence-corrected chi connectivity index (χ3v) is 8.81. The van der Waals surface area contributed by atoms with Gasteiger partial charge in [-0.1, -0.05) is 88.4 Å². The summed E-state index contributed by atoms with van der Waals surface area (Å²) in [6, 6.07) is 19.4. The van der Waals surface area contributed by atoms with E-state index in [-0.39, 0.29) is 48.4 Å². The topological polar surface area (TPSA) is 168 Å². The van der Waals surface area contributed by atoms with Crippen LogP contribution < -0.4 is 16.0 Å². The first-order valence-electron chi connectivity index (χ1n) is 16.1. The van der Waals surface area contributed by atoms with Crippen LogP contribution in [0.2, 0.25) is 0 Å². The summed E-state index contributed by atoms with van der Waals surface area (Å²) in [5, 5.41) is 18.6. The van der Waals surface area contributed by atoms with E-state index in [9.17, 15) is 32.7 Å². The third kappa shape index (κ3) is 13.2. The highest BCUT2D eigenvalue weighted by atomic mass is 32.2. The molecule has 0 bridgehead atoms. The van der Waals surface area contributed by atoms with Crippen molar-refractivity contribution in [3.05, 3.63) is 108 Å². The number of carbonyl (C=O) groups is 4. The van der Waals surface area contributed by atoms with Crippen molar-refractivity contribution in [3.63, 3.8) is 0 Å². The van der Waals surface area contributed by atoms with Crippen molar-refractivity contribution in [2.45, 2.75) is 76.6 Å². The smallest absolute Gasteiger partial charge is 0.408 e. The van der Waals surface area contributed by atoms with Crippen molar-refractivity contribution in [1.29, 1.82) is 0 Å². The average Bonchev–Trinajstić information content (AvgIpc) is 3.06. The minimum Gasteiger partial charge on any atom is -0.508 e. The van der Waals surface area contributed by atoms with Crippen LogP contribution >= 0.6 is 0 Å². The van der Waals surface area contributed by atoms with Gasteiger partial charge in [0, 0.05) is 11.8 Å². The molecule has 3 aromatic rings. The Morgan fingerprint density at radius 3 is 1.76 bits per heavy atom. The number of ether oxygens (including phenoxy) is 1. The van der Waals surface area contributed by atoms with E-state index in [0.29, 0.717) is 5.56 Å². The van der Waals surface area contributed by atoms with E-state index in [0.717, 1.165) is 17.0 Å². The summed E-state index contributed by atoms with van der Waals surface area (Å²) in [6.45, 7) is 7.53. The van der Waals surface area contributed by atoms with Crippen molar-refractivity contribution < 1.29 is 37.4 Å². The maximum absolute atomic E-state index is 13.7. The zero-order chi connectivity index (χ0) is 36.0. The number of carbonyl (C=O) groups excluding carboxylic acids is 4. The molecule has 49 heavy (non-hydrogen) atoms. The molecule has 0 aliphatic rings. The fraction of sp³-hybridized carbons (Fsp3) is 0.351. The highest BCUT2D eigenvalue weighted by Gasteiger charge is 2.30. The molecule has 0 spiro atoms. The van der Waals surface area contributed by atoms with Gasteiger partial charge in [0.15, 0.2) is 15.6 Å². The predicted molar refractivity (Wildman–Crippen MR) is 186 cm³/mol. The Kier molecular flexibility index (Phi) is 14.6. The Morgan fingerprint density at radius 1 is 0.694 bits per heavy atom. The Morgan fingerprint density at radius 2 is 1.20 bits per heavy atom. The molecule has 0 fully saturated rings. The average molecular weight is 692 g/mol. The number of hydrogen-bond acceptors (Lipinski definition) is 8. The van der Waals surface area contributed by atoms with E-state index in [2.05, 4.69) is 16.0 Å². The fourth-order valence-corrected chi connectivity index (χ4v) is 5.92. The monoisotopic (exact) mass is 691 g/mol. The van der Waals surface area contributed by atoms with Crippen LogP contribution in [0, 0.1) is 11.8 Å². The summed E-state index contributed by atoms with van der Waals surface area (Å²) in [4.78, 5) is 53.4. The van der Waals surface area contributed by atoms with Gasteiger partial charge in [-0.15, -0.1) is 0 Å². The maximum atomic E-state index is 13.7. The van der Waals surface area contributed by atoms with Gasteiger partial charge in [0.25, 0.3) is 0 Å². The lowest BCUT2D eigenvalue weighted by atomic mass is 9.98. The van der Waals surface area contributed by atoms with Gasteiger partial charge < -0.3 is 25.8 Å². The molecule has 0 aliphatic carbocycles. The minimum absolute atomic E-state index is 0.00592. The molecule has 0 heterocycles. The Balaban J connectivity index is 1.79. The quantitative estimate of drug-likeness (QED) is 0.146. The second-order valence-electron chi connectivity index (χ2n) is 12.6. The van der Waals surface area contributed by atoms with Crippen LogP contribution in [0.15, 0.2) is 101 Å². The molecule has 0 aromatic heterocycles. The van der Waals surface area contributed by atoms with Gasteiger partial charge in [0.1, 0.15) is 24.4 Å². The van der Waals surface area contributed by atoms with E-state index in [1.807, 2.05) is 45.9 Å². The molecule has 3 amide bonds. The molecule has 3 atom stereocenters. The first kappa shape index (κ1) is 38.5. The first-order chi connectivity index (χ1) is 23.2. The van der Waals surface area contributed by atoms with E-state index in [1.165, 1.54) is 24.3 Å². The predicted octanol–water partition coefficient (Wildman–Crippen LogP) is 4.85. The Bertz CT molecular complexity index is 1680. The highest BCUT2D eigenvalue weighted by molar-refractivity contribution is 7.94. The molecule has 12 heteroatoms. The number of amides is 3. The van der Waals surface area contributed by atoms with E-state index in [1.54, 1.807) is 42.5 Å². The van der Waals surface area contributed by atoms with Crippen LogP contribution in [-0.2, 0) is 42.0 Å². The summed E-state index contributed by atoms with van der Waals surface area (Å²) >= 11 is 0. The maximum Gasteiger partial charge on any atom is 0.408 e.